The van der Waals surface area contributed by atoms with Crippen LogP contribution < -0.4 is 5.32 Å². The number of amides is 2. The maximum Gasteiger partial charge on any atom is 0.317 e. The third-order valence-corrected chi connectivity index (χ3v) is 4.27. The molecular formula is C13H22N2O3. The highest BCUT2D eigenvalue weighted by Gasteiger charge is 2.30. The molecule has 2 atom stereocenters. The first-order chi connectivity index (χ1) is 8.58. The van der Waals surface area contributed by atoms with E-state index in [1.807, 2.05) is 6.92 Å². The fourth-order valence-electron chi connectivity index (χ4n) is 2.71. The second kappa shape index (κ2) is 5.59. The predicted octanol–water partition coefficient (Wildman–Crippen LogP) is 1.68. The monoisotopic (exact) mass is 254 g/mol. The molecule has 1 saturated heterocycles. The van der Waals surface area contributed by atoms with E-state index >= 15 is 0 Å². The Morgan fingerprint density at radius 2 is 2.00 bits per heavy atom. The molecule has 2 amide bonds. The van der Waals surface area contributed by atoms with Gasteiger partial charge in [-0.15, -0.1) is 0 Å². The van der Waals surface area contributed by atoms with Crippen LogP contribution in [0.25, 0.3) is 0 Å². The summed E-state index contributed by atoms with van der Waals surface area (Å²) in [5.74, 6) is -0.586. The van der Waals surface area contributed by atoms with Crippen molar-refractivity contribution in [2.75, 3.05) is 13.1 Å². The lowest BCUT2D eigenvalue weighted by Crippen LogP contribution is -2.51. The van der Waals surface area contributed by atoms with Gasteiger partial charge in [0.05, 0.1) is 5.92 Å². The van der Waals surface area contributed by atoms with Crippen LogP contribution in [0.1, 0.15) is 39.0 Å². The van der Waals surface area contributed by atoms with Gasteiger partial charge in [-0.2, -0.15) is 0 Å². The minimum absolute atomic E-state index is 0.0969. The van der Waals surface area contributed by atoms with Crippen molar-refractivity contribution in [3.63, 3.8) is 0 Å². The Labute approximate surface area is 108 Å². The SMILES string of the molecule is CC(NC(=O)N1CCCC(C(=O)O)C1)C1CCC1. The van der Waals surface area contributed by atoms with Gasteiger partial charge in [-0.3, -0.25) is 4.79 Å². The fraction of sp³-hybridized carbons (Fsp3) is 0.846. The zero-order valence-electron chi connectivity index (χ0n) is 10.9. The van der Waals surface area contributed by atoms with Crippen LogP contribution in [0.3, 0.4) is 0 Å². The highest BCUT2D eigenvalue weighted by atomic mass is 16.4. The van der Waals surface area contributed by atoms with Crippen molar-refractivity contribution in [1.29, 1.82) is 0 Å². The number of carboxylic acids is 1. The standard InChI is InChI=1S/C13H22N2O3/c1-9(10-4-2-5-10)14-13(18)15-7-3-6-11(8-15)12(16)17/h9-11H,2-8H2,1H3,(H,14,18)(H,16,17). The molecule has 0 aromatic rings. The summed E-state index contributed by atoms with van der Waals surface area (Å²) in [6.45, 7) is 3.06. The molecule has 2 aliphatic rings. The van der Waals surface area contributed by atoms with Crippen molar-refractivity contribution in [2.24, 2.45) is 11.8 Å². The zero-order chi connectivity index (χ0) is 13.1. The highest BCUT2D eigenvalue weighted by molar-refractivity contribution is 5.76. The van der Waals surface area contributed by atoms with Crippen LogP contribution in [0.15, 0.2) is 0 Å². The second-order valence-electron chi connectivity index (χ2n) is 5.55. The summed E-state index contributed by atoms with van der Waals surface area (Å²) in [5, 5.41) is 12.0. The average Bonchev–Trinajstić information content (AvgIpc) is 2.26. The maximum atomic E-state index is 12.0. The van der Waals surface area contributed by atoms with Crippen LogP contribution in [0, 0.1) is 11.8 Å². The smallest absolute Gasteiger partial charge is 0.317 e. The first kappa shape index (κ1) is 13.2. The van der Waals surface area contributed by atoms with Gasteiger partial charge in [-0.25, -0.2) is 4.79 Å². The van der Waals surface area contributed by atoms with Crippen molar-refractivity contribution in [2.45, 2.75) is 45.1 Å². The molecule has 5 nitrogen and oxygen atoms in total. The van der Waals surface area contributed by atoms with E-state index in [2.05, 4.69) is 5.32 Å². The van der Waals surface area contributed by atoms with Gasteiger partial charge in [-0.05, 0) is 38.5 Å². The summed E-state index contributed by atoms with van der Waals surface area (Å²) in [6, 6.07) is 0.108. The van der Waals surface area contributed by atoms with Gasteiger partial charge in [0.2, 0.25) is 0 Å². The third kappa shape index (κ3) is 2.94. The van der Waals surface area contributed by atoms with Crippen molar-refractivity contribution in [3.05, 3.63) is 0 Å². The molecule has 2 rings (SSSR count). The number of hydrogen-bond donors (Lipinski definition) is 2. The summed E-state index contributed by atoms with van der Waals surface area (Å²) in [5.41, 5.74) is 0. The van der Waals surface area contributed by atoms with Crippen molar-refractivity contribution < 1.29 is 14.7 Å². The minimum atomic E-state index is -0.792. The number of urea groups is 1. The topological polar surface area (TPSA) is 69.6 Å². The van der Waals surface area contributed by atoms with Gasteiger partial charge in [0.15, 0.2) is 0 Å². The van der Waals surface area contributed by atoms with Crippen molar-refractivity contribution in [3.8, 4) is 0 Å². The van der Waals surface area contributed by atoms with Crippen LogP contribution in [0.5, 0.6) is 0 Å². The third-order valence-electron chi connectivity index (χ3n) is 4.27. The number of carbonyl (C=O) groups excluding carboxylic acids is 1. The molecule has 102 valence electrons. The number of carboxylic acid groups (broad SMARTS) is 1. The van der Waals surface area contributed by atoms with Crippen LogP contribution in [-0.4, -0.2) is 41.1 Å². The lowest BCUT2D eigenvalue weighted by Gasteiger charge is -2.35. The highest BCUT2D eigenvalue weighted by Crippen LogP contribution is 2.29. The lowest BCUT2D eigenvalue weighted by atomic mass is 9.80. The molecule has 1 saturated carbocycles. The van der Waals surface area contributed by atoms with Gasteiger partial charge in [0.1, 0.15) is 0 Å². The molecule has 5 heteroatoms. The van der Waals surface area contributed by atoms with E-state index in [1.165, 1.54) is 19.3 Å². The quantitative estimate of drug-likeness (QED) is 0.805. The Balaban J connectivity index is 1.82. The van der Waals surface area contributed by atoms with Gasteiger partial charge >= 0.3 is 12.0 Å². The molecule has 1 aliphatic carbocycles. The van der Waals surface area contributed by atoms with Crippen LogP contribution >= 0.6 is 0 Å². The fourth-order valence-corrected chi connectivity index (χ4v) is 2.71. The van der Waals surface area contributed by atoms with Crippen LogP contribution in [0.4, 0.5) is 4.79 Å². The van der Waals surface area contributed by atoms with E-state index in [9.17, 15) is 9.59 Å². The number of nitrogens with zero attached hydrogens (tertiary/aromatic N) is 1. The largest absolute Gasteiger partial charge is 0.481 e. The summed E-state index contributed by atoms with van der Waals surface area (Å²) >= 11 is 0. The molecule has 1 aliphatic heterocycles. The second-order valence-corrected chi connectivity index (χ2v) is 5.55. The van der Waals surface area contributed by atoms with Gasteiger partial charge in [0.25, 0.3) is 0 Å². The molecule has 2 N–H and O–H groups in total. The molecule has 18 heavy (non-hydrogen) atoms. The van der Waals surface area contributed by atoms with E-state index < -0.39 is 11.9 Å². The summed E-state index contributed by atoms with van der Waals surface area (Å²) in [4.78, 5) is 24.6. The Morgan fingerprint density at radius 3 is 2.56 bits per heavy atom. The molecule has 0 aromatic carbocycles. The Morgan fingerprint density at radius 1 is 1.28 bits per heavy atom. The number of likely N-dealkylation sites (tertiary alicyclic amines) is 1. The Bertz CT molecular complexity index is 328. The zero-order valence-corrected chi connectivity index (χ0v) is 10.9. The minimum Gasteiger partial charge on any atom is -0.481 e. The number of carbonyl (C=O) groups is 2. The first-order valence-electron chi connectivity index (χ1n) is 6.86. The molecule has 2 fully saturated rings. The molecule has 1 heterocycles. The van der Waals surface area contributed by atoms with Crippen LogP contribution in [0.2, 0.25) is 0 Å². The van der Waals surface area contributed by atoms with Gasteiger partial charge in [0, 0.05) is 19.1 Å². The van der Waals surface area contributed by atoms with E-state index in [1.54, 1.807) is 4.90 Å². The van der Waals surface area contributed by atoms with Crippen molar-refractivity contribution >= 4 is 12.0 Å². The number of nitrogens with one attached hydrogen (secondary N) is 1. The molecule has 2 unspecified atom stereocenters. The van der Waals surface area contributed by atoms with Crippen molar-refractivity contribution in [1.82, 2.24) is 10.2 Å². The normalized spacial score (nSPS) is 26.3. The number of hydrogen-bond acceptors (Lipinski definition) is 2. The average molecular weight is 254 g/mol. The number of piperidine rings is 1. The van der Waals surface area contributed by atoms with E-state index in [4.69, 9.17) is 5.11 Å². The van der Waals surface area contributed by atoms with E-state index in [0.717, 1.165) is 6.42 Å². The molecule has 0 radical (unpaired) electrons. The van der Waals surface area contributed by atoms with Crippen LogP contribution in [-0.2, 0) is 4.79 Å². The molecule has 0 aromatic heterocycles. The van der Waals surface area contributed by atoms with Gasteiger partial charge in [-0.1, -0.05) is 6.42 Å². The molecule has 0 bridgehead atoms. The number of rotatable bonds is 3. The summed E-state index contributed by atoms with van der Waals surface area (Å²) < 4.78 is 0. The lowest BCUT2D eigenvalue weighted by molar-refractivity contribution is -0.143. The Kier molecular flexibility index (Phi) is 4.09. The summed E-state index contributed by atoms with van der Waals surface area (Å²) in [7, 11) is 0. The first-order valence-corrected chi connectivity index (χ1v) is 6.86. The summed E-state index contributed by atoms with van der Waals surface area (Å²) in [6.07, 6.45) is 5.10. The predicted molar refractivity (Wildman–Crippen MR) is 67.3 cm³/mol. The van der Waals surface area contributed by atoms with Gasteiger partial charge < -0.3 is 15.3 Å². The maximum absolute atomic E-state index is 12.0. The molecule has 0 spiro atoms. The number of aliphatic carboxylic acids is 1. The van der Waals surface area contributed by atoms with E-state index in [0.29, 0.717) is 25.4 Å². The Hall–Kier alpha value is -1.26. The molecular weight excluding hydrogens is 232 g/mol. The van der Waals surface area contributed by atoms with E-state index in [-0.39, 0.29) is 12.1 Å².